The third-order valence-electron chi connectivity index (χ3n) is 4.96. The molecular weight excluding hydrogens is 398 g/mol. The SMILES string of the molecule is CCCn1c(=O)[nH]c(=O)c2c(C(=O)Oc3ccc(CCOC)cc3)cc(C(C)C)nc21. The molecule has 0 amide bonds. The van der Waals surface area contributed by atoms with Gasteiger partial charge in [-0.2, -0.15) is 0 Å². The molecule has 3 aromatic rings. The average Bonchev–Trinajstić information content (AvgIpc) is 2.75. The standard InChI is InChI=1S/C23H27N3O5/c1-5-11-26-20-19(21(27)25-23(26)29)17(13-18(24-20)14(2)3)22(28)31-16-8-6-15(7-9-16)10-12-30-4/h6-9,13-14H,5,10-12H2,1-4H3,(H,25,27,29). The summed E-state index contributed by atoms with van der Waals surface area (Å²) in [4.78, 5) is 44.9. The number of nitrogens with one attached hydrogen (secondary N) is 1. The number of aryl methyl sites for hydroxylation is 1. The van der Waals surface area contributed by atoms with E-state index < -0.39 is 17.2 Å². The molecule has 31 heavy (non-hydrogen) atoms. The van der Waals surface area contributed by atoms with Crippen LogP contribution in [0.2, 0.25) is 0 Å². The number of nitrogens with zero attached hydrogens (tertiary/aromatic N) is 2. The largest absolute Gasteiger partial charge is 0.423 e. The lowest BCUT2D eigenvalue weighted by Crippen LogP contribution is -2.32. The molecule has 0 saturated carbocycles. The Hall–Kier alpha value is -3.26. The van der Waals surface area contributed by atoms with Gasteiger partial charge in [-0.15, -0.1) is 0 Å². The molecule has 0 spiro atoms. The number of carbonyl (C=O) groups is 1. The number of pyridine rings is 1. The van der Waals surface area contributed by atoms with Crippen LogP contribution in [0.3, 0.4) is 0 Å². The summed E-state index contributed by atoms with van der Waals surface area (Å²) in [5.74, 6) is -0.327. The van der Waals surface area contributed by atoms with Gasteiger partial charge in [0.15, 0.2) is 5.65 Å². The highest BCUT2D eigenvalue weighted by molar-refractivity contribution is 6.03. The third-order valence-corrected chi connectivity index (χ3v) is 4.96. The van der Waals surface area contributed by atoms with Crippen molar-refractivity contribution in [3.05, 3.63) is 68.0 Å². The molecule has 164 valence electrons. The Labute approximate surface area is 179 Å². The van der Waals surface area contributed by atoms with Gasteiger partial charge in [-0.1, -0.05) is 32.9 Å². The Morgan fingerprint density at radius 2 is 1.90 bits per heavy atom. The van der Waals surface area contributed by atoms with Gasteiger partial charge in [0.05, 0.1) is 17.6 Å². The van der Waals surface area contributed by atoms with Crippen molar-refractivity contribution < 1.29 is 14.3 Å². The summed E-state index contributed by atoms with van der Waals surface area (Å²) >= 11 is 0. The minimum absolute atomic E-state index is 0.0134. The zero-order valence-corrected chi connectivity index (χ0v) is 18.2. The smallest absolute Gasteiger partial charge is 0.344 e. The summed E-state index contributed by atoms with van der Waals surface area (Å²) < 4.78 is 12.0. The summed E-state index contributed by atoms with van der Waals surface area (Å²) in [5.41, 5.74) is 0.741. The van der Waals surface area contributed by atoms with Crippen molar-refractivity contribution in [2.45, 2.75) is 46.1 Å². The quantitative estimate of drug-likeness (QED) is 0.440. The van der Waals surface area contributed by atoms with E-state index in [1.54, 1.807) is 25.3 Å². The van der Waals surface area contributed by atoms with E-state index in [-0.39, 0.29) is 22.5 Å². The zero-order valence-electron chi connectivity index (χ0n) is 18.2. The first-order valence-electron chi connectivity index (χ1n) is 10.3. The number of benzene rings is 1. The van der Waals surface area contributed by atoms with E-state index >= 15 is 0 Å². The fraction of sp³-hybridized carbons (Fsp3) is 0.391. The van der Waals surface area contributed by atoms with Crippen LogP contribution in [0.15, 0.2) is 39.9 Å². The van der Waals surface area contributed by atoms with Crippen LogP contribution in [0, 0.1) is 0 Å². The second kappa shape index (κ2) is 9.70. The topological polar surface area (TPSA) is 103 Å². The first-order valence-corrected chi connectivity index (χ1v) is 10.3. The number of hydrogen-bond donors (Lipinski definition) is 1. The van der Waals surface area contributed by atoms with Crippen molar-refractivity contribution in [1.29, 1.82) is 0 Å². The molecule has 2 heterocycles. The van der Waals surface area contributed by atoms with Crippen molar-refractivity contribution in [2.24, 2.45) is 0 Å². The molecule has 0 bridgehead atoms. The Kier molecular flexibility index (Phi) is 7.02. The lowest BCUT2D eigenvalue weighted by molar-refractivity contribution is 0.0736. The number of ether oxygens (including phenoxy) is 2. The molecule has 0 saturated heterocycles. The molecule has 8 nitrogen and oxygen atoms in total. The van der Waals surface area contributed by atoms with E-state index in [0.29, 0.717) is 31.0 Å². The van der Waals surface area contributed by atoms with Crippen molar-refractivity contribution in [2.75, 3.05) is 13.7 Å². The van der Waals surface area contributed by atoms with Gasteiger partial charge in [-0.25, -0.2) is 14.6 Å². The number of carbonyl (C=O) groups excluding carboxylic acids is 1. The minimum Gasteiger partial charge on any atom is -0.423 e. The van der Waals surface area contributed by atoms with Crippen LogP contribution in [-0.2, 0) is 17.7 Å². The van der Waals surface area contributed by atoms with Gasteiger partial charge in [0.1, 0.15) is 5.75 Å². The number of hydrogen-bond acceptors (Lipinski definition) is 6. The third kappa shape index (κ3) is 4.91. The normalized spacial score (nSPS) is 11.3. The van der Waals surface area contributed by atoms with E-state index in [1.165, 1.54) is 4.57 Å². The van der Waals surface area contributed by atoms with E-state index in [9.17, 15) is 14.4 Å². The lowest BCUT2D eigenvalue weighted by atomic mass is 10.0. The maximum absolute atomic E-state index is 13.1. The summed E-state index contributed by atoms with van der Waals surface area (Å²) in [7, 11) is 1.64. The second-order valence-corrected chi connectivity index (χ2v) is 7.64. The van der Waals surface area contributed by atoms with Gasteiger partial charge in [-0.3, -0.25) is 14.3 Å². The molecule has 2 aromatic heterocycles. The summed E-state index contributed by atoms with van der Waals surface area (Å²) in [6, 6.07) is 8.69. The van der Waals surface area contributed by atoms with Crippen LogP contribution >= 0.6 is 0 Å². The predicted octanol–water partition coefficient (Wildman–Crippen LogP) is 3.03. The zero-order chi connectivity index (χ0) is 22.5. The molecule has 8 heteroatoms. The van der Waals surface area contributed by atoms with Gasteiger partial charge < -0.3 is 9.47 Å². The molecule has 0 aliphatic carbocycles. The Morgan fingerprint density at radius 3 is 2.52 bits per heavy atom. The van der Waals surface area contributed by atoms with Crippen LogP contribution in [-0.4, -0.2) is 34.2 Å². The van der Waals surface area contributed by atoms with Gasteiger partial charge >= 0.3 is 11.7 Å². The summed E-state index contributed by atoms with van der Waals surface area (Å²) in [6.45, 7) is 6.75. The van der Waals surface area contributed by atoms with E-state index in [4.69, 9.17) is 9.47 Å². The van der Waals surface area contributed by atoms with Gasteiger partial charge in [-0.05, 0) is 42.5 Å². The van der Waals surface area contributed by atoms with E-state index in [0.717, 1.165) is 12.0 Å². The summed E-state index contributed by atoms with van der Waals surface area (Å²) in [6.07, 6.45) is 1.42. The summed E-state index contributed by atoms with van der Waals surface area (Å²) in [5, 5.41) is 0.0548. The molecular formula is C23H27N3O5. The van der Waals surface area contributed by atoms with Crippen LogP contribution in [0.4, 0.5) is 0 Å². The van der Waals surface area contributed by atoms with Gasteiger partial charge in [0.2, 0.25) is 0 Å². The van der Waals surface area contributed by atoms with Gasteiger partial charge in [0, 0.05) is 19.3 Å². The van der Waals surface area contributed by atoms with Gasteiger partial charge in [0.25, 0.3) is 5.56 Å². The van der Waals surface area contributed by atoms with Crippen molar-refractivity contribution in [3.63, 3.8) is 0 Å². The number of H-pyrrole nitrogens is 1. The maximum atomic E-state index is 13.1. The molecule has 1 aromatic carbocycles. The number of aromatic amines is 1. The lowest BCUT2D eigenvalue weighted by Gasteiger charge is -2.14. The highest BCUT2D eigenvalue weighted by atomic mass is 16.5. The van der Waals surface area contributed by atoms with E-state index in [2.05, 4.69) is 9.97 Å². The first kappa shape index (κ1) is 22.4. The average molecular weight is 425 g/mol. The molecule has 0 atom stereocenters. The molecule has 0 aliphatic rings. The van der Waals surface area contributed by atoms with Crippen LogP contribution < -0.4 is 16.0 Å². The fourth-order valence-electron chi connectivity index (χ4n) is 3.29. The highest BCUT2D eigenvalue weighted by Crippen LogP contribution is 2.22. The van der Waals surface area contributed by atoms with Crippen LogP contribution in [0.5, 0.6) is 5.75 Å². The number of esters is 1. The Morgan fingerprint density at radius 1 is 1.19 bits per heavy atom. The number of rotatable bonds is 8. The highest BCUT2D eigenvalue weighted by Gasteiger charge is 2.21. The van der Waals surface area contributed by atoms with Crippen molar-refractivity contribution >= 4 is 17.0 Å². The van der Waals surface area contributed by atoms with Crippen molar-refractivity contribution in [1.82, 2.24) is 14.5 Å². The number of methoxy groups -OCH3 is 1. The monoisotopic (exact) mass is 425 g/mol. The molecule has 0 fully saturated rings. The molecule has 0 unspecified atom stereocenters. The minimum atomic E-state index is -0.675. The molecule has 1 N–H and O–H groups in total. The number of fused-ring (bicyclic) bond motifs is 1. The first-order chi connectivity index (χ1) is 14.8. The van der Waals surface area contributed by atoms with Crippen LogP contribution in [0.25, 0.3) is 11.0 Å². The Bertz CT molecular complexity index is 1190. The number of aromatic nitrogens is 3. The molecule has 3 rings (SSSR count). The molecule has 0 radical (unpaired) electrons. The second-order valence-electron chi connectivity index (χ2n) is 7.64. The Balaban J connectivity index is 2.07. The van der Waals surface area contributed by atoms with Crippen molar-refractivity contribution in [3.8, 4) is 5.75 Å². The molecule has 0 aliphatic heterocycles. The fourth-order valence-corrected chi connectivity index (χ4v) is 3.29. The predicted molar refractivity (Wildman–Crippen MR) is 118 cm³/mol. The van der Waals surface area contributed by atoms with Crippen LogP contribution in [0.1, 0.15) is 54.7 Å². The van der Waals surface area contributed by atoms with E-state index in [1.807, 2.05) is 32.9 Å². The maximum Gasteiger partial charge on any atom is 0.344 e.